The Bertz CT molecular complexity index is 409. The molecule has 0 aliphatic heterocycles. The van der Waals surface area contributed by atoms with Gasteiger partial charge in [0.15, 0.2) is 0 Å². The molecule has 1 aromatic rings. The molecule has 0 spiro atoms. The predicted octanol–water partition coefficient (Wildman–Crippen LogP) is 3.12. The van der Waals surface area contributed by atoms with Crippen LogP contribution in [0.1, 0.15) is 32.8 Å². The molecule has 4 heteroatoms. The Kier molecular flexibility index (Phi) is 5.63. The fraction of sp³-hybridized carbons (Fsp3) is 0.500. The van der Waals surface area contributed by atoms with Crippen LogP contribution in [0.15, 0.2) is 24.3 Å². The maximum atomic E-state index is 12.2. The van der Waals surface area contributed by atoms with Crippen LogP contribution in [0.2, 0.25) is 5.02 Å². The number of carbonyl (C=O) groups is 1. The number of hydrogen-bond donors (Lipinski definition) is 1. The summed E-state index contributed by atoms with van der Waals surface area (Å²) in [6.07, 6.45) is 0.930. The minimum absolute atomic E-state index is 0.299. The van der Waals surface area contributed by atoms with Gasteiger partial charge in [0.2, 0.25) is 0 Å². The molecular weight excluding hydrogens is 250 g/mol. The van der Waals surface area contributed by atoms with E-state index in [1.54, 1.807) is 13.0 Å². The Morgan fingerprint density at radius 3 is 2.61 bits per heavy atom. The Morgan fingerprint density at radius 1 is 1.39 bits per heavy atom. The van der Waals surface area contributed by atoms with Crippen molar-refractivity contribution in [2.24, 2.45) is 0 Å². The van der Waals surface area contributed by atoms with Gasteiger partial charge in [-0.25, -0.2) is 4.79 Å². The summed E-state index contributed by atoms with van der Waals surface area (Å²) in [5, 5.41) is 3.79. The van der Waals surface area contributed by atoms with Crippen LogP contribution in [0.3, 0.4) is 0 Å². The normalized spacial score (nSPS) is 14.0. The molecule has 1 aromatic carbocycles. The lowest BCUT2D eigenvalue weighted by molar-refractivity contribution is -0.151. The van der Waals surface area contributed by atoms with Crippen LogP contribution in [-0.2, 0) is 15.1 Å². The molecule has 0 fully saturated rings. The van der Waals surface area contributed by atoms with Crippen LogP contribution >= 0.6 is 11.6 Å². The molecule has 0 aliphatic carbocycles. The summed E-state index contributed by atoms with van der Waals surface area (Å²) >= 11 is 6.18. The van der Waals surface area contributed by atoms with E-state index in [1.165, 1.54) is 0 Å². The second kappa shape index (κ2) is 6.76. The molecule has 1 unspecified atom stereocenters. The minimum Gasteiger partial charge on any atom is -0.464 e. The zero-order chi connectivity index (χ0) is 13.6. The lowest BCUT2D eigenvalue weighted by Crippen LogP contribution is -2.48. The molecule has 0 bridgehead atoms. The topological polar surface area (TPSA) is 38.3 Å². The number of rotatable bonds is 6. The smallest absolute Gasteiger partial charge is 0.330 e. The summed E-state index contributed by atoms with van der Waals surface area (Å²) in [4.78, 5) is 12.2. The molecule has 0 radical (unpaired) electrons. The summed E-state index contributed by atoms with van der Waals surface area (Å²) in [6.45, 7) is 6.73. The highest BCUT2D eigenvalue weighted by Crippen LogP contribution is 2.29. The number of hydrogen-bond acceptors (Lipinski definition) is 3. The third-order valence-electron chi connectivity index (χ3n) is 2.82. The number of carbonyl (C=O) groups excluding carboxylic acids is 1. The summed E-state index contributed by atoms with van der Waals surface area (Å²) in [5.41, 5.74) is -0.150. The van der Waals surface area contributed by atoms with Crippen LogP contribution in [0.4, 0.5) is 0 Å². The first kappa shape index (κ1) is 15.0. The zero-order valence-electron chi connectivity index (χ0n) is 11.1. The first-order valence-electron chi connectivity index (χ1n) is 6.23. The third-order valence-corrected chi connectivity index (χ3v) is 3.15. The van der Waals surface area contributed by atoms with E-state index >= 15 is 0 Å². The number of ether oxygens (including phenoxy) is 1. The molecule has 1 rings (SSSR count). The molecule has 100 valence electrons. The van der Waals surface area contributed by atoms with Gasteiger partial charge in [0.05, 0.1) is 6.61 Å². The molecule has 1 N–H and O–H groups in total. The summed E-state index contributed by atoms with van der Waals surface area (Å²) < 4.78 is 5.15. The van der Waals surface area contributed by atoms with Crippen molar-refractivity contribution in [3.63, 3.8) is 0 Å². The maximum absolute atomic E-state index is 12.2. The third kappa shape index (κ3) is 3.24. The maximum Gasteiger partial charge on any atom is 0.330 e. The van der Waals surface area contributed by atoms with Crippen LogP contribution < -0.4 is 5.32 Å². The van der Waals surface area contributed by atoms with Gasteiger partial charge in [0.25, 0.3) is 0 Å². The van der Waals surface area contributed by atoms with Crippen LogP contribution in [0.5, 0.6) is 0 Å². The lowest BCUT2D eigenvalue weighted by atomic mass is 9.91. The molecule has 0 aromatic heterocycles. The van der Waals surface area contributed by atoms with Gasteiger partial charge in [0.1, 0.15) is 5.54 Å². The average molecular weight is 270 g/mol. The second-order valence-electron chi connectivity index (χ2n) is 4.25. The van der Waals surface area contributed by atoms with Crippen molar-refractivity contribution in [2.75, 3.05) is 13.2 Å². The van der Waals surface area contributed by atoms with Gasteiger partial charge < -0.3 is 4.74 Å². The lowest BCUT2D eigenvalue weighted by Gasteiger charge is -2.29. The van der Waals surface area contributed by atoms with E-state index in [-0.39, 0.29) is 5.97 Å². The summed E-state index contributed by atoms with van der Waals surface area (Å²) in [7, 11) is 0. The van der Waals surface area contributed by atoms with Gasteiger partial charge in [-0.1, -0.05) is 36.7 Å². The minimum atomic E-state index is -0.898. The first-order chi connectivity index (χ1) is 8.56. The zero-order valence-corrected chi connectivity index (χ0v) is 11.9. The molecule has 0 saturated heterocycles. The van der Waals surface area contributed by atoms with E-state index in [0.717, 1.165) is 18.5 Å². The fourth-order valence-corrected chi connectivity index (χ4v) is 2.12. The standard InChI is InChI=1S/C14H20ClNO2/c1-4-10-16-14(3,13(17)18-5-2)11-8-6-7-9-12(11)15/h6-9,16H,4-5,10H2,1-3H3. The highest BCUT2D eigenvalue weighted by Gasteiger charge is 2.37. The van der Waals surface area contributed by atoms with Gasteiger partial charge in [-0.3, -0.25) is 5.32 Å². The van der Waals surface area contributed by atoms with Crippen molar-refractivity contribution in [3.05, 3.63) is 34.9 Å². The molecule has 1 atom stereocenters. The van der Waals surface area contributed by atoms with E-state index in [2.05, 4.69) is 5.32 Å². The molecule has 3 nitrogen and oxygen atoms in total. The summed E-state index contributed by atoms with van der Waals surface area (Å²) in [5.74, 6) is -0.299. The van der Waals surface area contributed by atoms with Crippen molar-refractivity contribution in [3.8, 4) is 0 Å². The number of esters is 1. The Hall–Kier alpha value is -1.06. The first-order valence-corrected chi connectivity index (χ1v) is 6.61. The van der Waals surface area contributed by atoms with Gasteiger partial charge in [0, 0.05) is 10.6 Å². The van der Waals surface area contributed by atoms with E-state index in [4.69, 9.17) is 16.3 Å². The highest BCUT2D eigenvalue weighted by molar-refractivity contribution is 6.31. The van der Waals surface area contributed by atoms with Gasteiger partial charge >= 0.3 is 5.97 Å². The molecule has 0 amide bonds. The average Bonchev–Trinajstić information content (AvgIpc) is 2.36. The Morgan fingerprint density at radius 2 is 2.06 bits per heavy atom. The number of nitrogens with one attached hydrogen (secondary N) is 1. The van der Waals surface area contributed by atoms with E-state index in [9.17, 15) is 4.79 Å². The van der Waals surface area contributed by atoms with Crippen molar-refractivity contribution in [1.29, 1.82) is 0 Å². The van der Waals surface area contributed by atoms with Crippen LogP contribution in [0.25, 0.3) is 0 Å². The fourth-order valence-electron chi connectivity index (χ4n) is 1.79. The number of benzene rings is 1. The molecule has 18 heavy (non-hydrogen) atoms. The SMILES string of the molecule is CCCNC(C)(C(=O)OCC)c1ccccc1Cl. The largest absolute Gasteiger partial charge is 0.464 e. The van der Waals surface area contributed by atoms with Crippen LogP contribution in [-0.4, -0.2) is 19.1 Å². The van der Waals surface area contributed by atoms with Gasteiger partial charge in [-0.15, -0.1) is 0 Å². The van der Waals surface area contributed by atoms with Crippen molar-refractivity contribution in [1.82, 2.24) is 5.32 Å². The van der Waals surface area contributed by atoms with Crippen molar-refractivity contribution >= 4 is 17.6 Å². The van der Waals surface area contributed by atoms with E-state index < -0.39 is 5.54 Å². The molecule has 0 saturated carbocycles. The Balaban J connectivity index is 3.11. The summed E-state index contributed by atoms with van der Waals surface area (Å²) in [6, 6.07) is 7.34. The van der Waals surface area contributed by atoms with Crippen molar-refractivity contribution < 1.29 is 9.53 Å². The van der Waals surface area contributed by atoms with Gasteiger partial charge in [-0.2, -0.15) is 0 Å². The van der Waals surface area contributed by atoms with E-state index in [1.807, 2.05) is 32.0 Å². The Labute approximate surface area is 113 Å². The van der Waals surface area contributed by atoms with Gasteiger partial charge in [-0.05, 0) is 32.9 Å². The van der Waals surface area contributed by atoms with E-state index in [0.29, 0.717) is 11.6 Å². The quantitative estimate of drug-likeness (QED) is 0.807. The number of halogens is 1. The van der Waals surface area contributed by atoms with Crippen LogP contribution in [0, 0.1) is 0 Å². The predicted molar refractivity (Wildman–Crippen MR) is 73.7 cm³/mol. The highest BCUT2D eigenvalue weighted by atomic mass is 35.5. The molecular formula is C14H20ClNO2. The molecule has 0 heterocycles. The van der Waals surface area contributed by atoms with Crippen molar-refractivity contribution in [2.45, 2.75) is 32.7 Å². The molecule has 0 aliphatic rings. The monoisotopic (exact) mass is 269 g/mol. The second-order valence-corrected chi connectivity index (χ2v) is 4.66.